The van der Waals surface area contributed by atoms with Crippen molar-refractivity contribution in [2.75, 3.05) is 13.1 Å². The normalized spacial score (nSPS) is 13.3. The third-order valence-corrected chi connectivity index (χ3v) is 9.26. The Bertz CT molecular complexity index is 2290. The fourth-order valence-electron chi connectivity index (χ4n) is 6.79. The number of fused-ring (bicyclic) bond motifs is 20. The van der Waals surface area contributed by atoms with Gasteiger partial charge in [-0.3, -0.25) is 4.79 Å². The lowest BCUT2D eigenvalue weighted by Crippen LogP contribution is -2.34. The molecule has 11 heteroatoms. The van der Waals surface area contributed by atoms with Crippen LogP contribution in [0.25, 0.3) is 89.7 Å². The topological polar surface area (TPSA) is 129 Å². The van der Waals surface area contributed by atoms with Crippen molar-refractivity contribution in [2.45, 2.75) is 26.2 Å². The minimum Gasteiger partial charge on any atom is -0.343 e. The van der Waals surface area contributed by atoms with Crippen molar-refractivity contribution in [3.8, 4) is 45.6 Å². The van der Waals surface area contributed by atoms with Gasteiger partial charge in [0.2, 0.25) is 5.91 Å². The van der Waals surface area contributed by atoms with E-state index in [9.17, 15) is 4.79 Å². The van der Waals surface area contributed by atoms with Gasteiger partial charge >= 0.3 is 0 Å². The van der Waals surface area contributed by atoms with Gasteiger partial charge < -0.3 is 14.9 Å². The molecule has 1 amide bonds. The summed E-state index contributed by atoms with van der Waals surface area (Å²) in [6.45, 7) is 3.90. The van der Waals surface area contributed by atoms with Crippen LogP contribution in [0.4, 0.5) is 0 Å². The number of hydrogen-bond donors (Lipinski definition) is 2. The van der Waals surface area contributed by atoms with Crippen LogP contribution in [-0.4, -0.2) is 72.2 Å². The van der Waals surface area contributed by atoms with Crippen LogP contribution in [0.3, 0.4) is 0 Å². The van der Waals surface area contributed by atoms with Gasteiger partial charge in [-0.05, 0) is 19.8 Å². The number of rotatable bonds is 1. The zero-order valence-electron chi connectivity index (χ0n) is 27.4. The quantitative estimate of drug-likeness (QED) is 0.176. The first kappa shape index (κ1) is 31.1. The molecule has 0 aliphatic carbocycles. The van der Waals surface area contributed by atoms with Gasteiger partial charge in [-0.15, -0.1) is 0 Å². The fourth-order valence-corrected chi connectivity index (χ4v) is 6.79. The zero-order valence-corrected chi connectivity index (χ0v) is 27.4. The molecule has 7 aromatic rings. The van der Waals surface area contributed by atoms with Gasteiger partial charge in [0.15, 0.2) is 23.3 Å². The fraction of sp³-hybridized carbons (Fsp3) is 0.154. The molecule has 3 aromatic heterocycles. The molecule has 1 fully saturated rings. The molecule has 3 aliphatic rings. The van der Waals surface area contributed by atoms with E-state index >= 15 is 0 Å². The first-order valence-corrected chi connectivity index (χ1v) is 16.6. The van der Waals surface area contributed by atoms with E-state index in [-0.39, 0.29) is 8.41 Å². The smallest absolute Gasteiger partial charge is 0.222 e. The summed E-state index contributed by atoms with van der Waals surface area (Å²) in [6.07, 6.45) is 3.06. The standard InChI is InChI=1S/C32H18N8.C7H13NO.B/c1-2-10-18-17(9-1)25-33-26(18)38-28-21-13-5-6-14-22(21)30(35-28)40-32-24-16-8-7-15-23(24)31(36-32)39-29-20-12-4-3-11-19(20)27(34-29)37-25;1-2-8-6-4-3-5-7(8)9;/h1-16H,(H2,33,34,35,36,37,38,39,40);2-6H2,1H3;. The van der Waals surface area contributed by atoms with Crippen LogP contribution in [0.15, 0.2) is 97.1 Å². The number of carbonyl (C=O) groups excluding carboxylic acids is 1. The number of nitrogens with zero attached hydrogens (tertiary/aromatic N) is 7. The van der Waals surface area contributed by atoms with Crippen LogP contribution in [-0.2, 0) is 4.79 Å². The molecule has 241 valence electrons. The molecule has 0 spiro atoms. The van der Waals surface area contributed by atoms with E-state index in [1.54, 1.807) is 0 Å². The highest BCUT2D eigenvalue weighted by Crippen LogP contribution is 2.36. The number of H-pyrrole nitrogens is 2. The summed E-state index contributed by atoms with van der Waals surface area (Å²) < 4.78 is 0. The summed E-state index contributed by atoms with van der Waals surface area (Å²) >= 11 is 0. The van der Waals surface area contributed by atoms with Gasteiger partial charge in [0.25, 0.3) is 0 Å². The van der Waals surface area contributed by atoms with E-state index in [4.69, 9.17) is 29.9 Å². The maximum atomic E-state index is 11.0. The van der Waals surface area contributed by atoms with Crippen LogP contribution in [0, 0.1) is 0 Å². The van der Waals surface area contributed by atoms with Crippen molar-refractivity contribution in [3.63, 3.8) is 0 Å². The van der Waals surface area contributed by atoms with Gasteiger partial charge in [0, 0.05) is 71.7 Å². The molecule has 10 nitrogen and oxygen atoms in total. The molecular weight excluding hydrogens is 621 g/mol. The second kappa shape index (κ2) is 12.7. The van der Waals surface area contributed by atoms with E-state index in [0.717, 1.165) is 69.7 Å². The lowest BCUT2D eigenvalue weighted by Gasteiger charge is -2.24. The Morgan fingerprint density at radius 3 is 1.16 bits per heavy atom. The Morgan fingerprint density at radius 1 is 0.520 bits per heavy atom. The molecule has 0 unspecified atom stereocenters. The second-order valence-corrected chi connectivity index (χ2v) is 12.2. The molecule has 0 atom stereocenters. The second-order valence-electron chi connectivity index (χ2n) is 12.2. The predicted molar refractivity (Wildman–Crippen MR) is 198 cm³/mol. The molecule has 3 aliphatic heterocycles. The summed E-state index contributed by atoms with van der Waals surface area (Å²) in [5.74, 6) is 2.73. The maximum absolute atomic E-state index is 11.0. The summed E-state index contributed by atoms with van der Waals surface area (Å²) in [5, 5.41) is 3.82. The minimum absolute atomic E-state index is 0. The SMILES string of the molecule is CCN1CCCCC1=O.[B].c1ccc2c(c1)-c1nc-2nc2[nH]c(nc3nc(nc4[nH]c(n1)c1ccccc41)-c1ccccc1-3)c1ccccc21. The Labute approximate surface area is 289 Å². The summed E-state index contributed by atoms with van der Waals surface area (Å²) in [7, 11) is 0. The predicted octanol–water partition coefficient (Wildman–Crippen LogP) is 7.51. The van der Waals surface area contributed by atoms with Crippen molar-refractivity contribution >= 4 is 58.5 Å². The first-order chi connectivity index (χ1) is 24.1. The summed E-state index contributed by atoms with van der Waals surface area (Å²) in [5.41, 5.74) is 6.45. The number of aromatic nitrogens is 8. The Balaban J connectivity index is 0.000000318. The van der Waals surface area contributed by atoms with Crippen LogP contribution < -0.4 is 0 Å². The molecule has 10 rings (SSSR count). The van der Waals surface area contributed by atoms with Crippen molar-refractivity contribution in [3.05, 3.63) is 97.1 Å². The van der Waals surface area contributed by atoms with E-state index in [1.165, 1.54) is 6.42 Å². The van der Waals surface area contributed by atoms with Crippen LogP contribution in [0.5, 0.6) is 0 Å². The van der Waals surface area contributed by atoms with Gasteiger partial charge in [0.05, 0.1) is 0 Å². The highest BCUT2D eigenvalue weighted by atomic mass is 16.2. The number of amides is 1. The van der Waals surface area contributed by atoms with Gasteiger partial charge in [-0.1, -0.05) is 97.1 Å². The first-order valence-electron chi connectivity index (χ1n) is 16.6. The molecule has 1 saturated heterocycles. The van der Waals surface area contributed by atoms with E-state index in [1.807, 2.05) is 109 Å². The minimum atomic E-state index is 0. The van der Waals surface area contributed by atoms with Crippen molar-refractivity contribution in [1.29, 1.82) is 0 Å². The van der Waals surface area contributed by atoms with E-state index in [2.05, 4.69) is 9.97 Å². The Morgan fingerprint density at radius 2 is 0.860 bits per heavy atom. The Kier molecular flexibility index (Phi) is 7.87. The molecular formula is C39H31BN9O. The molecule has 50 heavy (non-hydrogen) atoms. The largest absolute Gasteiger partial charge is 0.343 e. The Hall–Kier alpha value is -6.23. The molecule has 6 heterocycles. The monoisotopic (exact) mass is 652 g/mol. The molecule has 8 bridgehead atoms. The molecule has 4 aromatic carbocycles. The number of carbonyl (C=O) groups is 1. The van der Waals surface area contributed by atoms with Crippen molar-refractivity contribution < 1.29 is 4.79 Å². The van der Waals surface area contributed by atoms with Crippen molar-refractivity contribution in [1.82, 2.24) is 44.8 Å². The number of hydrogen-bond acceptors (Lipinski definition) is 7. The number of piperidine rings is 1. The lowest BCUT2D eigenvalue weighted by atomic mass is 10.1. The summed E-state index contributed by atoms with van der Waals surface area (Å²) in [6, 6.07) is 32.2. The van der Waals surface area contributed by atoms with Crippen LogP contribution in [0.2, 0.25) is 0 Å². The lowest BCUT2D eigenvalue weighted by molar-refractivity contribution is -0.132. The third kappa shape index (κ3) is 5.27. The van der Waals surface area contributed by atoms with Gasteiger partial charge in [-0.2, -0.15) is 0 Å². The zero-order chi connectivity index (χ0) is 32.9. The third-order valence-electron chi connectivity index (χ3n) is 9.26. The molecule has 0 saturated carbocycles. The highest BCUT2D eigenvalue weighted by molar-refractivity contribution is 6.06. The maximum Gasteiger partial charge on any atom is 0.222 e. The average Bonchev–Trinajstić information content (AvgIpc) is 3.88. The highest BCUT2D eigenvalue weighted by Gasteiger charge is 2.21. The van der Waals surface area contributed by atoms with Gasteiger partial charge in [0.1, 0.15) is 22.6 Å². The van der Waals surface area contributed by atoms with Crippen LogP contribution >= 0.6 is 0 Å². The number of benzene rings is 4. The molecule has 2 N–H and O–H groups in total. The van der Waals surface area contributed by atoms with E-state index < -0.39 is 0 Å². The van der Waals surface area contributed by atoms with Crippen LogP contribution in [0.1, 0.15) is 26.2 Å². The molecule has 3 radical (unpaired) electrons. The van der Waals surface area contributed by atoms with Gasteiger partial charge in [-0.25, -0.2) is 29.9 Å². The number of likely N-dealkylation sites (tertiary alicyclic amines) is 1. The number of nitrogens with one attached hydrogen (secondary N) is 2. The summed E-state index contributed by atoms with van der Waals surface area (Å²) in [4.78, 5) is 49.6. The number of aromatic amines is 2. The van der Waals surface area contributed by atoms with E-state index in [0.29, 0.717) is 51.8 Å². The van der Waals surface area contributed by atoms with Crippen molar-refractivity contribution in [2.24, 2.45) is 0 Å². The average molecular weight is 653 g/mol.